The van der Waals surface area contributed by atoms with Gasteiger partial charge in [0.1, 0.15) is 0 Å². The molecular formula is C17H18ClNO2. The van der Waals surface area contributed by atoms with Crippen LogP contribution in [0.25, 0.3) is 0 Å². The first-order chi connectivity index (χ1) is 9.83. The second kappa shape index (κ2) is 5.78. The highest BCUT2D eigenvalue weighted by molar-refractivity contribution is 6.33. The van der Waals surface area contributed by atoms with E-state index in [0.717, 1.165) is 11.1 Å². The number of para-hydroxylation sites is 1. The normalized spacial score (nSPS) is 13.5. The van der Waals surface area contributed by atoms with Crippen molar-refractivity contribution in [2.75, 3.05) is 5.32 Å². The van der Waals surface area contributed by atoms with Crippen molar-refractivity contribution in [3.05, 3.63) is 64.2 Å². The lowest BCUT2D eigenvalue weighted by Crippen LogP contribution is -2.40. The number of hydrogen-bond donors (Lipinski definition) is 2. The second-order valence-corrected chi connectivity index (χ2v) is 5.82. The first-order valence-electron chi connectivity index (χ1n) is 6.68. The largest absolute Gasteiger partial charge is 0.479 e. The van der Waals surface area contributed by atoms with Crippen molar-refractivity contribution in [3.8, 4) is 0 Å². The molecule has 0 radical (unpaired) electrons. The third kappa shape index (κ3) is 3.19. The average molecular weight is 304 g/mol. The molecule has 0 amide bonds. The Kier molecular flexibility index (Phi) is 4.24. The van der Waals surface area contributed by atoms with Crippen molar-refractivity contribution >= 4 is 23.3 Å². The van der Waals surface area contributed by atoms with Crippen LogP contribution in [0.1, 0.15) is 23.6 Å². The van der Waals surface area contributed by atoms with E-state index in [1.165, 1.54) is 0 Å². The minimum atomic E-state index is -1.25. The van der Waals surface area contributed by atoms with Gasteiger partial charge in [-0.05, 0) is 38.5 Å². The third-order valence-corrected chi connectivity index (χ3v) is 3.81. The summed E-state index contributed by atoms with van der Waals surface area (Å²) in [5, 5.41) is 13.3. The van der Waals surface area contributed by atoms with Crippen molar-refractivity contribution in [1.82, 2.24) is 0 Å². The minimum absolute atomic E-state index is 0.495. The van der Waals surface area contributed by atoms with Gasteiger partial charge in [0.05, 0.1) is 10.7 Å². The topological polar surface area (TPSA) is 49.3 Å². The monoisotopic (exact) mass is 303 g/mol. The number of anilines is 1. The first kappa shape index (κ1) is 15.4. The Morgan fingerprint density at radius 2 is 1.71 bits per heavy atom. The summed E-state index contributed by atoms with van der Waals surface area (Å²) in [7, 11) is 0. The lowest BCUT2D eigenvalue weighted by Gasteiger charge is -2.29. The SMILES string of the molecule is Cc1cc(C)cc(C(C)(Nc2ccccc2Cl)C(=O)O)c1. The Labute approximate surface area is 129 Å². The lowest BCUT2D eigenvalue weighted by molar-refractivity contribution is -0.142. The molecule has 1 unspecified atom stereocenters. The van der Waals surface area contributed by atoms with Crippen LogP contribution in [0.2, 0.25) is 5.02 Å². The van der Waals surface area contributed by atoms with Crippen molar-refractivity contribution in [2.24, 2.45) is 0 Å². The summed E-state index contributed by atoms with van der Waals surface area (Å²) >= 11 is 6.13. The summed E-state index contributed by atoms with van der Waals surface area (Å²) in [6, 6.07) is 12.9. The zero-order chi connectivity index (χ0) is 15.6. The van der Waals surface area contributed by atoms with Gasteiger partial charge in [-0.2, -0.15) is 0 Å². The van der Waals surface area contributed by atoms with Crippen molar-refractivity contribution < 1.29 is 9.90 Å². The summed E-state index contributed by atoms with van der Waals surface area (Å²) in [4.78, 5) is 11.9. The fourth-order valence-corrected chi connectivity index (χ4v) is 2.53. The molecule has 0 aromatic heterocycles. The van der Waals surface area contributed by atoms with Gasteiger partial charge in [-0.25, -0.2) is 4.79 Å². The number of hydrogen-bond acceptors (Lipinski definition) is 2. The predicted octanol–water partition coefficient (Wildman–Crippen LogP) is 4.37. The number of rotatable bonds is 4. The van der Waals surface area contributed by atoms with E-state index >= 15 is 0 Å². The molecule has 21 heavy (non-hydrogen) atoms. The molecule has 0 aliphatic heterocycles. The van der Waals surface area contributed by atoms with Crippen molar-refractivity contribution in [3.63, 3.8) is 0 Å². The van der Waals surface area contributed by atoms with Gasteiger partial charge in [0, 0.05) is 0 Å². The van der Waals surface area contributed by atoms with Crippen LogP contribution in [0, 0.1) is 13.8 Å². The molecule has 0 spiro atoms. The number of nitrogens with one attached hydrogen (secondary N) is 1. The Balaban J connectivity index is 2.50. The fourth-order valence-electron chi connectivity index (χ4n) is 2.34. The zero-order valence-electron chi connectivity index (χ0n) is 12.3. The summed E-state index contributed by atoms with van der Waals surface area (Å²) in [5.74, 6) is -0.951. The molecule has 1 atom stereocenters. The summed E-state index contributed by atoms with van der Waals surface area (Å²) in [5.41, 5.74) is 2.11. The van der Waals surface area contributed by atoms with Crippen LogP contribution < -0.4 is 5.32 Å². The molecular weight excluding hydrogens is 286 g/mol. The minimum Gasteiger partial charge on any atom is -0.479 e. The number of carboxylic acid groups (broad SMARTS) is 1. The van der Waals surface area contributed by atoms with Crippen LogP contribution in [0.5, 0.6) is 0 Å². The van der Waals surface area contributed by atoms with E-state index in [9.17, 15) is 9.90 Å². The summed E-state index contributed by atoms with van der Waals surface area (Å²) in [6.45, 7) is 5.55. The average Bonchev–Trinajstić information content (AvgIpc) is 2.40. The van der Waals surface area contributed by atoms with E-state index in [1.807, 2.05) is 44.2 Å². The van der Waals surface area contributed by atoms with E-state index in [0.29, 0.717) is 16.3 Å². The molecule has 2 aromatic rings. The molecule has 2 rings (SSSR count). The molecule has 0 saturated heterocycles. The van der Waals surface area contributed by atoms with Gasteiger partial charge in [0.25, 0.3) is 0 Å². The van der Waals surface area contributed by atoms with Crippen LogP contribution in [0.4, 0.5) is 5.69 Å². The number of halogens is 1. The molecule has 2 N–H and O–H groups in total. The maximum absolute atomic E-state index is 11.9. The van der Waals surface area contributed by atoms with Gasteiger partial charge in [-0.3, -0.25) is 0 Å². The summed E-state index contributed by atoms with van der Waals surface area (Å²) < 4.78 is 0. The molecule has 0 saturated carbocycles. The van der Waals surface area contributed by atoms with E-state index in [1.54, 1.807) is 19.1 Å². The number of carbonyl (C=O) groups is 1. The number of aryl methyl sites for hydroxylation is 2. The Morgan fingerprint density at radius 3 is 2.24 bits per heavy atom. The van der Waals surface area contributed by atoms with Crippen LogP contribution in [-0.2, 0) is 10.3 Å². The predicted molar refractivity (Wildman–Crippen MR) is 86.0 cm³/mol. The quantitative estimate of drug-likeness (QED) is 0.882. The summed E-state index contributed by atoms with van der Waals surface area (Å²) in [6.07, 6.45) is 0. The fraction of sp³-hybridized carbons (Fsp3) is 0.235. The standard InChI is InChI=1S/C17H18ClNO2/c1-11-8-12(2)10-13(9-11)17(3,16(20)21)19-15-7-5-4-6-14(15)18/h4-10,19H,1-3H3,(H,20,21). The van der Waals surface area contributed by atoms with Gasteiger partial charge in [-0.15, -0.1) is 0 Å². The van der Waals surface area contributed by atoms with Gasteiger partial charge in [0.2, 0.25) is 0 Å². The molecule has 2 aromatic carbocycles. The van der Waals surface area contributed by atoms with E-state index < -0.39 is 11.5 Å². The zero-order valence-corrected chi connectivity index (χ0v) is 13.0. The molecule has 0 aliphatic rings. The second-order valence-electron chi connectivity index (χ2n) is 5.41. The van der Waals surface area contributed by atoms with Gasteiger partial charge < -0.3 is 10.4 Å². The van der Waals surface area contributed by atoms with E-state index in [-0.39, 0.29) is 0 Å². The van der Waals surface area contributed by atoms with Gasteiger partial charge >= 0.3 is 5.97 Å². The molecule has 0 bridgehead atoms. The number of carboxylic acids is 1. The van der Waals surface area contributed by atoms with Crippen molar-refractivity contribution in [2.45, 2.75) is 26.3 Å². The highest BCUT2D eigenvalue weighted by atomic mass is 35.5. The lowest BCUT2D eigenvalue weighted by atomic mass is 9.89. The molecule has 3 nitrogen and oxygen atoms in total. The highest BCUT2D eigenvalue weighted by Crippen LogP contribution is 2.31. The first-order valence-corrected chi connectivity index (χ1v) is 7.05. The molecule has 0 heterocycles. The molecule has 110 valence electrons. The smallest absolute Gasteiger partial charge is 0.333 e. The van der Waals surface area contributed by atoms with E-state index in [4.69, 9.17) is 11.6 Å². The van der Waals surface area contributed by atoms with Gasteiger partial charge in [-0.1, -0.05) is 53.1 Å². The van der Waals surface area contributed by atoms with Crippen LogP contribution >= 0.6 is 11.6 Å². The van der Waals surface area contributed by atoms with Crippen LogP contribution in [0.15, 0.2) is 42.5 Å². The van der Waals surface area contributed by atoms with Crippen LogP contribution in [-0.4, -0.2) is 11.1 Å². The highest BCUT2D eigenvalue weighted by Gasteiger charge is 2.36. The molecule has 0 aliphatic carbocycles. The number of aliphatic carboxylic acids is 1. The maximum atomic E-state index is 11.9. The van der Waals surface area contributed by atoms with Gasteiger partial charge in [0.15, 0.2) is 5.54 Å². The maximum Gasteiger partial charge on any atom is 0.333 e. The van der Waals surface area contributed by atoms with Crippen LogP contribution in [0.3, 0.4) is 0 Å². The Hall–Kier alpha value is -2.00. The van der Waals surface area contributed by atoms with Crippen molar-refractivity contribution in [1.29, 1.82) is 0 Å². The van der Waals surface area contributed by atoms with E-state index in [2.05, 4.69) is 5.32 Å². The third-order valence-electron chi connectivity index (χ3n) is 3.49. The number of benzene rings is 2. The Bertz CT molecular complexity index is 664. The molecule has 4 heteroatoms. The molecule has 0 fully saturated rings. The Morgan fingerprint density at radius 1 is 1.14 bits per heavy atom.